The molecule has 11 heavy (non-hydrogen) atoms. The summed E-state index contributed by atoms with van der Waals surface area (Å²) in [4.78, 5) is 10.9. The van der Waals surface area contributed by atoms with Crippen LogP contribution in [0.3, 0.4) is 0 Å². The van der Waals surface area contributed by atoms with Crippen LogP contribution in [0, 0.1) is 0 Å². The van der Waals surface area contributed by atoms with Crippen LogP contribution in [0.15, 0.2) is 12.2 Å². The molecule has 0 rings (SSSR count). The molecule has 0 radical (unpaired) electrons. The van der Waals surface area contributed by atoms with Crippen LogP contribution in [0.4, 0.5) is 0 Å². The molecule has 2 nitrogen and oxygen atoms in total. The van der Waals surface area contributed by atoms with E-state index < -0.39 is 0 Å². The summed E-state index contributed by atoms with van der Waals surface area (Å²) in [6.45, 7) is 5.10. The number of esters is 1. The Kier molecular flexibility index (Phi) is 5.86. The van der Waals surface area contributed by atoms with Gasteiger partial charge in [0, 0.05) is 16.2 Å². The standard InChI is InChI=1S/C7H10Br2O2/c1-5(2)7(10)11-6(3-8)4-9/h6H,1,3-4H2,2H3. The Morgan fingerprint density at radius 2 is 2.00 bits per heavy atom. The monoisotopic (exact) mass is 284 g/mol. The molecule has 0 atom stereocenters. The van der Waals surface area contributed by atoms with Gasteiger partial charge in [0.15, 0.2) is 0 Å². The molecule has 64 valence electrons. The van der Waals surface area contributed by atoms with Crippen molar-refractivity contribution in [3.8, 4) is 0 Å². The van der Waals surface area contributed by atoms with Gasteiger partial charge in [-0.1, -0.05) is 38.4 Å². The third-order valence-electron chi connectivity index (χ3n) is 0.966. The predicted octanol–water partition coefficient (Wildman–Crippen LogP) is 2.26. The largest absolute Gasteiger partial charge is 0.457 e. The lowest BCUT2D eigenvalue weighted by Crippen LogP contribution is -2.21. The molecule has 0 saturated heterocycles. The van der Waals surface area contributed by atoms with Gasteiger partial charge in [-0.05, 0) is 6.92 Å². The zero-order chi connectivity index (χ0) is 8.85. The minimum absolute atomic E-state index is 0.112. The van der Waals surface area contributed by atoms with Crippen LogP contribution >= 0.6 is 31.9 Å². The predicted molar refractivity (Wildman–Crippen MR) is 52.3 cm³/mol. The van der Waals surface area contributed by atoms with Crippen molar-refractivity contribution in [1.82, 2.24) is 0 Å². The molecule has 0 amide bonds. The van der Waals surface area contributed by atoms with Crippen LogP contribution in [0.25, 0.3) is 0 Å². The highest BCUT2D eigenvalue weighted by Crippen LogP contribution is 2.04. The van der Waals surface area contributed by atoms with Crippen LogP contribution in [0.5, 0.6) is 0 Å². The average Bonchev–Trinajstić information content (AvgIpc) is 1.99. The molecule has 0 aliphatic heterocycles. The average molecular weight is 286 g/mol. The van der Waals surface area contributed by atoms with Crippen molar-refractivity contribution in [1.29, 1.82) is 0 Å². The Balaban J connectivity index is 3.81. The summed E-state index contributed by atoms with van der Waals surface area (Å²) in [6.07, 6.45) is -0.112. The lowest BCUT2D eigenvalue weighted by Gasteiger charge is -2.11. The Labute approximate surface area is 83.2 Å². The second-order valence-electron chi connectivity index (χ2n) is 2.12. The van der Waals surface area contributed by atoms with Gasteiger partial charge in [-0.25, -0.2) is 4.79 Å². The number of carbonyl (C=O) groups excluding carboxylic acids is 1. The van der Waals surface area contributed by atoms with Crippen molar-refractivity contribution >= 4 is 37.8 Å². The molecule has 0 heterocycles. The number of rotatable bonds is 4. The first-order valence-electron chi connectivity index (χ1n) is 3.10. The Bertz CT molecular complexity index is 153. The minimum Gasteiger partial charge on any atom is -0.457 e. The molecule has 0 aliphatic rings. The topological polar surface area (TPSA) is 26.3 Å². The second-order valence-corrected chi connectivity index (χ2v) is 3.41. The van der Waals surface area contributed by atoms with E-state index >= 15 is 0 Å². The smallest absolute Gasteiger partial charge is 0.333 e. The van der Waals surface area contributed by atoms with Gasteiger partial charge in [-0.3, -0.25) is 0 Å². The number of ether oxygens (including phenoxy) is 1. The molecular weight excluding hydrogens is 276 g/mol. The molecule has 0 aliphatic carbocycles. The fourth-order valence-corrected chi connectivity index (χ4v) is 1.69. The second kappa shape index (κ2) is 5.77. The number of hydrogen-bond donors (Lipinski definition) is 0. The maximum Gasteiger partial charge on any atom is 0.333 e. The van der Waals surface area contributed by atoms with E-state index in [0.29, 0.717) is 16.2 Å². The van der Waals surface area contributed by atoms with Crippen LogP contribution in [-0.2, 0) is 9.53 Å². The Morgan fingerprint density at radius 1 is 1.55 bits per heavy atom. The van der Waals surface area contributed by atoms with Crippen molar-refractivity contribution < 1.29 is 9.53 Å². The molecule has 0 fully saturated rings. The highest BCUT2D eigenvalue weighted by Gasteiger charge is 2.11. The summed E-state index contributed by atoms with van der Waals surface area (Å²) in [5.74, 6) is -0.339. The lowest BCUT2D eigenvalue weighted by atomic mass is 10.3. The van der Waals surface area contributed by atoms with Gasteiger partial charge < -0.3 is 4.74 Å². The van der Waals surface area contributed by atoms with Crippen molar-refractivity contribution in [2.24, 2.45) is 0 Å². The van der Waals surface area contributed by atoms with Crippen LogP contribution in [0.2, 0.25) is 0 Å². The third-order valence-corrected chi connectivity index (χ3v) is 2.41. The van der Waals surface area contributed by atoms with Gasteiger partial charge in [0.25, 0.3) is 0 Å². The first-order chi connectivity index (χ1) is 5.11. The van der Waals surface area contributed by atoms with Gasteiger partial charge in [0.1, 0.15) is 6.10 Å². The minimum atomic E-state index is -0.339. The fourth-order valence-electron chi connectivity index (χ4n) is 0.356. The highest BCUT2D eigenvalue weighted by atomic mass is 79.9. The summed E-state index contributed by atoms with van der Waals surface area (Å²) in [6, 6.07) is 0. The van der Waals surface area contributed by atoms with Gasteiger partial charge >= 0.3 is 5.97 Å². The zero-order valence-electron chi connectivity index (χ0n) is 6.27. The normalized spacial score (nSPS) is 9.82. The van der Waals surface area contributed by atoms with E-state index in [-0.39, 0.29) is 12.1 Å². The SMILES string of the molecule is C=C(C)C(=O)OC(CBr)CBr. The first-order valence-corrected chi connectivity index (χ1v) is 5.34. The molecule has 0 aromatic rings. The van der Waals surface area contributed by atoms with Crippen molar-refractivity contribution in [2.75, 3.05) is 10.7 Å². The number of carbonyl (C=O) groups is 1. The Morgan fingerprint density at radius 3 is 2.27 bits per heavy atom. The van der Waals surface area contributed by atoms with E-state index in [2.05, 4.69) is 38.4 Å². The Hall–Kier alpha value is 0.170. The van der Waals surface area contributed by atoms with E-state index in [1.807, 2.05) is 0 Å². The van der Waals surface area contributed by atoms with E-state index in [0.717, 1.165) is 0 Å². The summed E-state index contributed by atoms with van der Waals surface area (Å²) in [5, 5.41) is 1.27. The summed E-state index contributed by atoms with van der Waals surface area (Å²) in [5.41, 5.74) is 0.428. The zero-order valence-corrected chi connectivity index (χ0v) is 9.44. The van der Waals surface area contributed by atoms with E-state index in [4.69, 9.17) is 4.74 Å². The van der Waals surface area contributed by atoms with Crippen molar-refractivity contribution in [2.45, 2.75) is 13.0 Å². The van der Waals surface area contributed by atoms with Crippen LogP contribution < -0.4 is 0 Å². The van der Waals surface area contributed by atoms with Gasteiger partial charge in [0.2, 0.25) is 0 Å². The quantitative estimate of drug-likeness (QED) is 0.450. The molecule has 0 spiro atoms. The molecule has 0 unspecified atom stereocenters. The van der Waals surface area contributed by atoms with E-state index in [1.54, 1.807) is 6.92 Å². The summed E-state index contributed by atoms with van der Waals surface area (Å²) < 4.78 is 4.98. The lowest BCUT2D eigenvalue weighted by molar-refractivity contribution is -0.142. The van der Waals surface area contributed by atoms with Crippen molar-refractivity contribution in [3.63, 3.8) is 0 Å². The maximum absolute atomic E-state index is 10.9. The van der Waals surface area contributed by atoms with Crippen molar-refractivity contribution in [3.05, 3.63) is 12.2 Å². The summed E-state index contributed by atoms with van der Waals surface area (Å²) >= 11 is 6.43. The number of halogens is 2. The number of alkyl halides is 2. The molecule has 0 aromatic heterocycles. The molecule has 0 N–H and O–H groups in total. The first kappa shape index (κ1) is 11.2. The molecule has 0 saturated carbocycles. The fraction of sp³-hybridized carbons (Fsp3) is 0.571. The van der Waals surface area contributed by atoms with Crippen LogP contribution in [-0.4, -0.2) is 22.7 Å². The number of hydrogen-bond acceptors (Lipinski definition) is 2. The molecule has 0 bridgehead atoms. The molecular formula is C7H10Br2O2. The van der Waals surface area contributed by atoms with Crippen LogP contribution in [0.1, 0.15) is 6.92 Å². The molecule has 0 aromatic carbocycles. The van der Waals surface area contributed by atoms with Gasteiger partial charge in [-0.15, -0.1) is 0 Å². The van der Waals surface area contributed by atoms with E-state index in [9.17, 15) is 4.79 Å². The van der Waals surface area contributed by atoms with E-state index in [1.165, 1.54) is 0 Å². The highest BCUT2D eigenvalue weighted by molar-refractivity contribution is 9.09. The summed E-state index contributed by atoms with van der Waals surface area (Å²) in [7, 11) is 0. The molecule has 4 heteroatoms. The maximum atomic E-state index is 10.9. The van der Waals surface area contributed by atoms with Gasteiger partial charge in [-0.2, -0.15) is 0 Å². The van der Waals surface area contributed by atoms with Gasteiger partial charge in [0.05, 0.1) is 0 Å². The third kappa shape index (κ3) is 4.58.